The minimum Gasteiger partial charge on any atom is -0.480 e. The minimum absolute atomic E-state index is 0.0732. The van der Waals surface area contributed by atoms with Crippen LogP contribution in [0.2, 0.25) is 5.02 Å². The molecule has 0 bridgehead atoms. The smallest absolute Gasteiger partial charge is 0.317 e. The van der Waals surface area contributed by atoms with Gasteiger partial charge in [-0.3, -0.25) is 14.5 Å². The number of hydrogen-bond donors (Lipinski definition) is 1. The number of benzene rings is 1. The molecule has 2 aliphatic rings. The van der Waals surface area contributed by atoms with Gasteiger partial charge in [0.05, 0.1) is 12.0 Å². The van der Waals surface area contributed by atoms with E-state index in [1.807, 2.05) is 41.0 Å². The van der Waals surface area contributed by atoms with Crippen LogP contribution in [0.1, 0.15) is 51.0 Å². The molecule has 1 amide bonds. The van der Waals surface area contributed by atoms with Gasteiger partial charge in [-0.25, -0.2) is 0 Å². The molecule has 0 radical (unpaired) electrons. The molecule has 1 aliphatic carbocycles. The third-order valence-corrected chi connectivity index (χ3v) is 6.53. The predicted molar refractivity (Wildman–Crippen MR) is 106 cm³/mol. The SMILES string of the molecule is CCN(CC(=O)O)C1CCN(C(=O)C2(c3ccc(Cl)cc3)CCCC2)CC1. The number of likely N-dealkylation sites (N-methyl/N-ethyl adjacent to an activating group) is 1. The van der Waals surface area contributed by atoms with E-state index in [2.05, 4.69) is 0 Å². The first kappa shape index (κ1) is 20.2. The van der Waals surface area contributed by atoms with Crippen LogP contribution >= 0.6 is 11.6 Å². The lowest BCUT2D eigenvalue weighted by molar-refractivity contribution is -0.142. The Labute approximate surface area is 166 Å². The molecule has 0 spiro atoms. The van der Waals surface area contributed by atoms with Gasteiger partial charge < -0.3 is 10.0 Å². The topological polar surface area (TPSA) is 60.9 Å². The number of aliphatic carboxylic acids is 1. The maximum Gasteiger partial charge on any atom is 0.317 e. The maximum atomic E-state index is 13.5. The van der Waals surface area contributed by atoms with Crippen molar-refractivity contribution in [1.29, 1.82) is 0 Å². The van der Waals surface area contributed by atoms with Gasteiger partial charge in [-0.1, -0.05) is 43.5 Å². The first-order valence-corrected chi connectivity index (χ1v) is 10.4. The molecule has 1 aromatic carbocycles. The van der Waals surface area contributed by atoms with Crippen LogP contribution < -0.4 is 0 Å². The minimum atomic E-state index is -0.789. The number of piperidine rings is 1. The molecule has 6 heteroatoms. The molecule has 0 unspecified atom stereocenters. The molecule has 3 rings (SSSR count). The largest absolute Gasteiger partial charge is 0.480 e. The number of halogens is 1. The van der Waals surface area contributed by atoms with Crippen LogP contribution in [-0.2, 0) is 15.0 Å². The third-order valence-electron chi connectivity index (χ3n) is 6.28. The summed E-state index contributed by atoms with van der Waals surface area (Å²) in [5.41, 5.74) is 0.667. The van der Waals surface area contributed by atoms with Crippen LogP contribution in [0.5, 0.6) is 0 Å². The fourth-order valence-electron chi connectivity index (χ4n) is 4.78. The number of nitrogens with zero attached hydrogens (tertiary/aromatic N) is 2. The summed E-state index contributed by atoms with van der Waals surface area (Å²) < 4.78 is 0. The van der Waals surface area contributed by atoms with Gasteiger partial charge in [0.2, 0.25) is 5.91 Å². The summed E-state index contributed by atoms with van der Waals surface area (Å²) in [6.07, 6.45) is 5.62. The average Bonchev–Trinajstić information content (AvgIpc) is 3.17. The Morgan fingerprint density at radius 1 is 1.19 bits per heavy atom. The van der Waals surface area contributed by atoms with Crippen LogP contribution in [-0.4, -0.2) is 59.0 Å². The molecule has 1 aromatic rings. The van der Waals surface area contributed by atoms with E-state index in [-0.39, 0.29) is 18.5 Å². The molecule has 5 nitrogen and oxygen atoms in total. The highest BCUT2D eigenvalue weighted by atomic mass is 35.5. The summed E-state index contributed by atoms with van der Waals surface area (Å²) in [6, 6.07) is 8.00. The van der Waals surface area contributed by atoms with Crippen molar-refractivity contribution >= 4 is 23.5 Å². The Balaban J connectivity index is 1.70. The molecule has 2 fully saturated rings. The van der Waals surface area contributed by atoms with Gasteiger partial charge in [0.1, 0.15) is 0 Å². The Kier molecular flexibility index (Phi) is 6.43. The van der Waals surface area contributed by atoms with Gasteiger partial charge in [-0.15, -0.1) is 0 Å². The molecular weight excluding hydrogens is 364 g/mol. The Morgan fingerprint density at radius 2 is 1.78 bits per heavy atom. The highest BCUT2D eigenvalue weighted by Gasteiger charge is 2.45. The molecule has 1 heterocycles. The zero-order valence-electron chi connectivity index (χ0n) is 16.0. The highest BCUT2D eigenvalue weighted by molar-refractivity contribution is 6.30. The molecule has 1 N–H and O–H groups in total. The summed E-state index contributed by atoms with van der Waals surface area (Å²) in [4.78, 5) is 28.6. The molecule has 148 valence electrons. The van der Waals surface area contributed by atoms with Gasteiger partial charge in [-0.05, 0) is 49.9 Å². The molecule has 27 heavy (non-hydrogen) atoms. The van der Waals surface area contributed by atoms with Gasteiger partial charge in [0.25, 0.3) is 0 Å². The van der Waals surface area contributed by atoms with E-state index in [1.165, 1.54) is 0 Å². The predicted octanol–water partition coefficient (Wildman–Crippen LogP) is 3.55. The quantitative estimate of drug-likeness (QED) is 0.804. The summed E-state index contributed by atoms with van der Waals surface area (Å²) in [5.74, 6) is -0.551. The number of likely N-dealkylation sites (tertiary alicyclic amines) is 1. The van der Waals surface area contributed by atoms with E-state index in [0.717, 1.165) is 50.6 Å². The number of carboxylic acids is 1. The fraction of sp³-hybridized carbons (Fsp3) is 0.619. The number of amides is 1. The number of carbonyl (C=O) groups is 2. The van der Waals surface area contributed by atoms with Crippen molar-refractivity contribution in [2.45, 2.75) is 56.9 Å². The lowest BCUT2D eigenvalue weighted by atomic mass is 9.77. The van der Waals surface area contributed by atoms with Crippen LogP contribution in [0.3, 0.4) is 0 Å². The van der Waals surface area contributed by atoms with Crippen molar-refractivity contribution in [2.24, 2.45) is 0 Å². The second kappa shape index (κ2) is 8.61. The summed E-state index contributed by atoms with van der Waals surface area (Å²) in [7, 11) is 0. The Bertz CT molecular complexity index is 663. The summed E-state index contributed by atoms with van der Waals surface area (Å²) >= 11 is 6.05. The van der Waals surface area contributed by atoms with Crippen molar-refractivity contribution in [3.05, 3.63) is 34.9 Å². The Morgan fingerprint density at radius 3 is 2.30 bits per heavy atom. The first-order chi connectivity index (χ1) is 13.0. The van der Waals surface area contributed by atoms with E-state index < -0.39 is 11.4 Å². The zero-order valence-corrected chi connectivity index (χ0v) is 16.7. The van der Waals surface area contributed by atoms with Crippen LogP contribution in [0.4, 0.5) is 0 Å². The molecule has 1 saturated heterocycles. The van der Waals surface area contributed by atoms with Crippen molar-refractivity contribution in [1.82, 2.24) is 9.80 Å². The lowest BCUT2D eigenvalue weighted by Gasteiger charge is -2.41. The monoisotopic (exact) mass is 392 g/mol. The fourth-order valence-corrected chi connectivity index (χ4v) is 4.91. The highest BCUT2D eigenvalue weighted by Crippen LogP contribution is 2.43. The second-order valence-electron chi connectivity index (χ2n) is 7.78. The van der Waals surface area contributed by atoms with Crippen molar-refractivity contribution in [2.75, 3.05) is 26.2 Å². The van der Waals surface area contributed by atoms with Crippen LogP contribution in [0.15, 0.2) is 24.3 Å². The van der Waals surface area contributed by atoms with Crippen molar-refractivity contribution in [3.63, 3.8) is 0 Å². The van der Waals surface area contributed by atoms with Gasteiger partial charge in [-0.2, -0.15) is 0 Å². The normalized spacial score (nSPS) is 20.2. The molecule has 1 saturated carbocycles. The maximum absolute atomic E-state index is 13.5. The summed E-state index contributed by atoms with van der Waals surface area (Å²) in [5, 5.41) is 9.79. The van der Waals surface area contributed by atoms with Gasteiger partial charge in [0.15, 0.2) is 0 Å². The molecule has 0 aromatic heterocycles. The van der Waals surface area contributed by atoms with Crippen LogP contribution in [0.25, 0.3) is 0 Å². The standard InChI is InChI=1S/C21H29ClN2O3/c1-2-23(15-19(25)26)18-9-13-24(14-10-18)20(27)21(11-3-4-12-21)16-5-7-17(22)8-6-16/h5-8,18H,2-4,9-15H2,1H3,(H,25,26). The molecule has 1 aliphatic heterocycles. The number of rotatable bonds is 6. The molecule has 0 atom stereocenters. The summed E-state index contributed by atoms with van der Waals surface area (Å²) in [6.45, 7) is 4.20. The van der Waals surface area contributed by atoms with E-state index in [9.17, 15) is 9.59 Å². The van der Waals surface area contributed by atoms with Crippen molar-refractivity contribution < 1.29 is 14.7 Å². The van der Waals surface area contributed by atoms with E-state index in [1.54, 1.807) is 0 Å². The van der Waals surface area contributed by atoms with E-state index in [0.29, 0.717) is 18.1 Å². The molecular formula is C21H29ClN2O3. The average molecular weight is 393 g/mol. The van der Waals surface area contributed by atoms with Crippen LogP contribution in [0, 0.1) is 0 Å². The third kappa shape index (κ3) is 4.30. The van der Waals surface area contributed by atoms with E-state index in [4.69, 9.17) is 16.7 Å². The van der Waals surface area contributed by atoms with Crippen molar-refractivity contribution in [3.8, 4) is 0 Å². The number of carboxylic acid groups (broad SMARTS) is 1. The zero-order chi connectivity index (χ0) is 19.4. The van der Waals surface area contributed by atoms with E-state index >= 15 is 0 Å². The number of carbonyl (C=O) groups excluding carboxylic acids is 1. The van der Waals surface area contributed by atoms with Gasteiger partial charge >= 0.3 is 5.97 Å². The first-order valence-electron chi connectivity index (χ1n) is 9.97. The Hall–Kier alpha value is -1.59. The van der Waals surface area contributed by atoms with Gasteiger partial charge in [0, 0.05) is 24.2 Å². The second-order valence-corrected chi connectivity index (χ2v) is 8.21. The number of hydrogen-bond acceptors (Lipinski definition) is 3. The lowest BCUT2D eigenvalue weighted by Crippen LogP contribution is -2.52.